The standard InChI is InChI=1S/C22H18F3N3O4/c23-13-4-15(25)14(24)1-8(13)5-26-21(31)12-6-27-7-17-11-3-16(10-2-9(10)11)28(17)22(32)18(27)20(30)19(12)29/h1,4,6,9-11,16-17,30H,2-3,5,7H2,(H,26,31)/t9-,10+,11-,16+,17-/m0/s1. The van der Waals surface area contributed by atoms with Gasteiger partial charge in [0.25, 0.3) is 11.8 Å². The maximum absolute atomic E-state index is 13.8. The van der Waals surface area contributed by atoms with Crippen LogP contribution in [0.5, 0.6) is 5.75 Å². The summed E-state index contributed by atoms with van der Waals surface area (Å²) in [7, 11) is 0. The first-order valence-electron chi connectivity index (χ1n) is 10.5. The number of carbonyl (C=O) groups excluding carboxylic acids is 2. The minimum absolute atomic E-state index is 0.0298. The van der Waals surface area contributed by atoms with Crippen LogP contribution in [0.3, 0.4) is 0 Å². The van der Waals surface area contributed by atoms with Crippen LogP contribution in [-0.4, -0.2) is 38.5 Å². The highest BCUT2D eigenvalue weighted by Gasteiger charge is 2.66. The third kappa shape index (κ3) is 2.52. The van der Waals surface area contributed by atoms with Crippen molar-refractivity contribution in [2.24, 2.45) is 17.8 Å². The summed E-state index contributed by atoms with van der Waals surface area (Å²) in [4.78, 5) is 40.2. The van der Waals surface area contributed by atoms with Crippen LogP contribution in [0.25, 0.3) is 0 Å². The average Bonchev–Trinajstić information content (AvgIpc) is 3.37. The summed E-state index contributed by atoms with van der Waals surface area (Å²) < 4.78 is 41.7. The van der Waals surface area contributed by atoms with E-state index in [1.165, 1.54) is 10.8 Å². The molecule has 1 saturated heterocycles. The first kappa shape index (κ1) is 19.4. The Morgan fingerprint density at radius 3 is 2.53 bits per heavy atom. The molecule has 2 aliphatic heterocycles. The van der Waals surface area contributed by atoms with Crippen LogP contribution < -0.4 is 10.7 Å². The third-order valence-electron chi connectivity index (χ3n) is 7.51. The maximum Gasteiger partial charge on any atom is 0.275 e. The summed E-state index contributed by atoms with van der Waals surface area (Å²) in [6, 6.07) is 1.11. The molecule has 3 heterocycles. The molecule has 7 nitrogen and oxygen atoms in total. The smallest absolute Gasteiger partial charge is 0.275 e. The van der Waals surface area contributed by atoms with Crippen molar-refractivity contribution in [2.75, 3.05) is 0 Å². The van der Waals surface area contributed by atoms with Crippen molar-refractivity contribution in [1.29, 1.82) is 0 Å². The number of amides is 2. The van der Waals surface area contributed by atoms with Gasteiger partial charge in [-0.2, -0.15) is 0 Å². The minimum Gasteiger partial charge on any atom is -0.503 e. The number of hydrogen-bond acceptors (Lipinski definition) is 4. The van der Waals surface area contributed by atoms with Gasteiger partial charge in [-0.25, -0.2) is 13.2 Å². The number of fused-ring (bicyclic) bond motifs is 9. The number of carbonyl (C=O) groups is 2. The van der Waals surface area contributed by atoms with Gasteiger partial charge in [-0.1, -0.05) is 0 Å². The molecule has 2 amide bonds. The fourth-order valence-electron chi connectivity index (χ4n) is 6.01. The molecule has 0 radical (unpaired) electrons. The topological polar surface area (TPSA) is 91.6 Å². The molecular formula is C22H18F3N3O4. The Balaban J connectivity index is 1.30. The Morgan fingerprint density at radius 1 is 1.03 bits per heavy atom. The fourth-order valence-corrected chi connectivity index (χ4v) is 6.01. The van der Waals surface area contributed by atoms with E-state index in [9.17, 15) is 32.7 Å². The molecular weight excluding hydrogens is 427 g/mol. The number of nitrogens with zero attached hydrogens (tertiary/aromatic N) is 2. The van der Waals surface area contributed by atoms with Crippen LogP contribution in [0.4, 0.5) is 13.2 Å². The molecule has 32 heavy (non-hydrogen) atoms. The van der Waals surface area contributed by atoms with Crippen molar-refractivity contribution in [3.63, 3.8) is 0 Å². The summed E-state index contributed by atoms with van der Waals surface area (Å²) in [5.41, 5.74) is -1.85. The molecule has 0 spiro atoms. The fraction of sp³-hybridized carbons (Fsp3) is 0.409. The van der Waals surface area contributed by atoms with E-state index in [4.69, 9.17) is 0 Å². The molecule has 2 aliphatic carbocycles. The van der Waals surface area contributed by atoms with Gasteiger partial charge < -0.3 is 19.9 Å². The molecule has 4 aliphatic rings. The summed E-state index contributed by atoms with van der Waals surface area (Å²) in [6.07, 6.45) is 3.27. The number of hydrogen-bond donors (Lipinski definition) is 2. The zero-order chi connectivity index (χ0) is 22.5. The van der Waals surface area contributed by atoms with Gasteiger partial charge in [-0.3, -0.25) is 14.4 Å². The van der Waals surface area contributed by atoms with Gasteiger partial charge in [-0.05, 0) is 36.7 Å². The van der Waals surface area contributed by atoms with Gasteiger partial charge >= 0.3 is 0 Å². The van der Waals surface area contributed by atoms with Crippen LogP contribution in [0.1, 0.15) is 39.3 Å². The first-order chi connectivity index (χ1) is 15.3. The Labute approximate surface area is 179 Å². The number of aromatic nitrogens is 1. The summed E-state index contributed by atoms with van der Waals surface area (Å²) in [5.74, 6) is -4.26. The Bertz CT molecular complexity index is 1280. The van der Waals surface area contributed by atoms with Gasteiger partial charge in [-0.15, -0.1) is 0 Å². The molecule has 6 rings (SSSR count). The van der Waals surface area contributed by atoms with Gasteiger partial charge in [0, 0.05) is 37.0 Å². The van der Waals surface area contributed by atoms with Crippen molar-refractivity contribution < 1.29 is 27.9 Å². The largest absolute Gasteiger partial charge is 0.503 e. The van der Waals surface area contributed by atoms with Crippen LogP contribution >= 0.6 is 0 Å². The van der Waals surface area contributed by atoms with Gasteiger partial charge in [0.15, 0.2) is 23.1 Å². The monoisotopic (exact) mass is 445 g/mol. The highest BCUT2D eigenvalue weighted by Crippen LogP contribution is 2.64. The van der Waals surface area contributed by atoms with E-state index >= 15 is 0 Å². The number of benzene rings is 1. The lowest BCUT2D eigenvalue weighted by molar-refractivity contribution is 0.0465. The van der Waals surface area contributed by atoms with E-state index in [-0.39, 0.29) is 23.3 Å². The lowest BCUT2D eigenvalue weighted by Gasteiger charge is -2.40. The number of piperidine rings is 1. The predicted octanol–water partition coefficient (Wildman–Crippen LogP) is 1.76. The van der Waals surface area contributed by atoms with Crippen molar-refractivity contribution >= 4 is 11.8 Å². The van der Waals surface area contributed by atoms with Crippen LogP contribution in [-0.2, 0) is 13.1 Å². The van der Waals surface area contributed by atoms with E-state index in [0.29, 0.717) is 36.4 Å². The zero-order valence-electron chi connectivity index (χ0n) is 16.6. The van der Waals surface area contributed by atoms with Crippen LogP contribution in [0, 0.1) is 35.2 Å². The van der Waals surface area contributed by atoms with Crippen molar-refractivity contribution in [3.05, 3.63) is 62.8 Å². The zero-order valence-corrected chi connectivity index (χ0v) is 16.6. The molecule has 166 valence electrons. The lowest BCUT2D eigenvalue weighted by atomic mass is 9.94. The van der Waals surface area contributed by atoms with E-state index in [2.05, 4.69) is 5.32 Å². The van der Waals surface area contributed by atoms with Crippen molar-refractivity contribution in [1.82, 2.24) is 14.8 Å². The predicted molar refractivity (Wildman–Crippen MR) is 103 cm³/mol. The van der Waals surface area contributed by atoms with E-state index < -0.39 is 52.6 Å². The Kier molecular flexibility index (Phi) is 3.86. The second-order valence-electron chi connectivity index (χ2n) is 9.07. The van der Waals surface area contributed by atoms with E-state index in [1.54, 1.807) is 4.90 Å². The van der Waals surface area contributed by atoms with Gasteiger partial charge in [0.1, 0.15) is 11.4 Å². The maximum atomic E-state index is 13.8. The molecule has 3 fully saturated rings. The third-order valence-corrected chi connectivity index (χ3v) is 7.51. The molecule has 1 aromatic carbocycles. The van der Waals surface area contributed by atoms with Crippen molar-refractivity contribution in [3.8, 4) is 5.75 Å². The SMILES string of the molecule is O=C(NCc1cc(F)c(F)cc1F)c1cn2c(c(O)c1=O)C(=O)N1[C@@H]3C[C@@H]([C@H]4C[C@H]43)[C@@H]1C2. The summed E-state index contributed by atoms with van der Waals surface area (Å²) >= 11 is 0. The molecule has 5 atom stereocenters. The summed E-state index contributed by atoms with van der Waals surface area (Å²) in [5, 5.41) is 12.8. The lowest BCUT2D eigenvalue weighted by Crippen LogP contribution is -2.53. The summed E-state index contributed by atoms with van der Waals surface area (Å²) in [6.45, 7) is -0.122. The molecule has 1 aromatic heterocycles. The molecule has 2 bridgehead atoms. The molecule has 10 heteroatoms. The first-order valence-corrected chi connectivity index (χ1v) is 10.5. The van der Waals surface area contributed by atoms with Crippen molar-refractivity contribution in [2.45, 2.75) is 38.0 Å². The van der Waals surface area contributed by atoms with Gasteiger partial charge in [0.2, 0.25) is 5.43 Å². The second-order valence-corrected chi connectivity index (χ2v) is 9.07. The number of halogens is 3. The highest BCUT2D eigenvalue weighted by atomic mass is 19.2. The minimum atomic E-state index is -1.35. The van der Waals surface area contributed by atoms with Crippen LogP contribution in [0.2, 0.25) is 0 Å². The Morgan fingerprint density at radius 2 is 1.75 bits per heavy atom. The van der Waals surface area contributed by atoms with Gasteiger partial charge in [0.05, 0.1) is 6.04 Å². The molecule has 2 aromatic rings. The Hall–Kier alpha value is -3.30. The van der Waals surface area contributed by atoms with E-state index in [0.717, 1.165) is 12.8 Å². The average molecular weight is 445 g/mol. The highest BCUT2D eigenvalue weighted by molar-refractivity contribution is 5.99. The number of pyridine rings is 1. The molecule has 2 saturated carbocycles. The number of aromatic hydroxyl groups is 1. The van der Waals surface area contributed by atoms with Crippen LogP contribution in [0.15, 0.2) is 23.1 Å². The quantitative estimate of drug-likeness (QED) is 0.705. The number of rotatable bonds is 3. The normalized spacial score (nSPS) is 28.9. The molecule has 2 N–H and O–H groups in total. The number of nitrogens with one attached hydrogen (secondary N) is 1. The van der Waals surface area contributed by atoms with E-state index in [1.807, 2.05) is 0 Å². The second kappa shape index (κ2) is 6.36. The molecule has 0 unspecified atom stereocenters.